The monoisotopic (exact) mass is 420 g/mol. The smallest absolute Gasteiger partial charge is 0.241 e. The summed E-state index contributed by atoms with van der Waals surface area (Å²) in [5.74, 6) is 0.0669. The van der Waals surface area contributed by atoms with Gasteiger partial charge < -0.3 is 15.2 Å². The Morgan fingerprint density at radius 2 is 1.71 bits per heavy atom. The maximum atomic E-state index is 12.8. The summed E-state index contributed by atoms with van der Waals surface area (Å²) in [5, 5.41) is 9.14. The maximum absolute atomic E-state index is 12.8. The fraction of sp³-hybridized carbons (Fsp3) is 0.217. The number of hydrogen-bond donors (Lipinski definition) is 2. The standard InChI is InChI=1S/C23H24N4O4/c1-15-13-20(26-31-15)25-21(28)14-27(3)16(2)23(30)24-19-12-8-7-11-18(19)22(29)17-9-5-4-6-10-17/h4-13,16H,14H2,1-3H3,(H,24,30)(H,25,26,28). The van der Waals surface area contributed by atoms with Crippen LogP contribution in [0, 0.1) is 6.92 Å². The van der Waals surface area contributed by atoms with Crippen LogP contribution >= 0.6 is 0 Å². The van der Waals surface area contributed by atoms with Crippen LogP contribution in [0.25, 0.3) is 0 Å². The van der Waals surface area contributed by atoms with Crippen molar-refractivity contribution in [1.82, 2.24) is 10.1 Å². The minimum absolute atomic E-state index is 0.0227. The molecule has 0 radical (unpaired) electrons. The number of rotatable bonds is 8. The van der Waals surface area contributed by atoms with E-state index in [1.165, 1.54) is 0 Å². The molecular formula is C23H24N4O4. The fourth-order valence-electron chi connectivity index (χ4n) is 2.94. The molecule has 0 aliphatic heterocycles. The van der Waals surface area contributed by atoms with Crippen LogP contribution in [0.1, 0.15) is 28.6 Å². The van der Waals surface area contributed by atoms with Crippen molar-refractivity contribution >= 4 is 29.1 Å². The summed E-state index contributed by atoms with van der Waals surface area (Å²) in [6.07, 6.45) is 0. The summed E-state index contributed by atoms with van der Waals surface area (Å²) in [7, 11) is 1.67. The molecule has 8 heteroatoms. The number of carbonyl (C=O) groups excluding carboxylic acids is 3. The summed E-state index contributed by atoms with van der Waals surface area (Å²) in [6.45, 7) is 3.39. The number of carbonyl (C=O) groups is 3. The van der Waals surface area contributed by atoms with Crippen LogP contribution in [0.2, 0.25) is 0 Å². The second-order valence-electron chi connectivity index (χ2n) is 7.19. The Morgan fingerprint density at radius 1 is 1.03 bits per heavy atom. The summed E-state index contributed by atoms with van der Waals surface area (Å²) < 4.78 is 4.91. The van der Waals surface area contributed by atoms with Gasteiger partial charge >= 0.3 is 0 Å². The highest BCUT2D eigenvalue weighted by Crippen LogP contribution is 2.20. The van der Waals surface area contributed by atoms with E-state index in [4.69, 9.17) is 4.52 Å². The lowest BCUT2D eigenvalue weighted by molar-refractivity contribution is -0.122. The van der Waals surface area contributed by atoms with Crippen molar-refractivity contribution in [1.29, 1.82) is 0 Å². The second-order valence-corrected chi connectivity index (χ2v) is 7.19. The average molecular weight is 420 g/mol. The number of ketones is 1. The molecule has 2 N–H and O–H groups in total. The molecule has 2 aromatic carbocycles. The number of hydrogen-bond acceptors (Lipinski definition) is 6. The number of para-hydroxylation sites is 1. The Balaban J connectivity index is 1.64. The van der Waals surface area contributed by atoms with Crippen molar-refractivity contribution < 1.29 is 18.9 Å². The number of aromatic nitrogens is 1. The molecule has 1 unspecified atom stereocenters. The van der Waals surface area contributed by atoms with Crippen molar-refractivity contribution in [2.75, 3.05) is 24.2 Å². The lowest BCUT2D eigenvalue weighted by Gasteiger charge is -2.23. The number of nitrogens with zero attached hydrogens (tertiary/aromatic N) is 2. The van der Waals surface area contributed by atoms with Gasteiger partial charge in [0.15, 0.2) is 11.6 Å². The number of nitrogens with one attached hydrogen (secondary N) is 2. The molecule has 1 heterocycles. The molecule has 1 atom stereocenters. The van der Waals surface area contributed by atoms with Gasteiger partial charge in [-0.15, -0.1) is 0 Å². The summed E-state index contributed by atoms with van der Waals surface area (Å²) in [6, 6.07) is 16.7. The maximum Gasteiger partial charge on any atom is 0.241 e. The van der Waals surface area contributed by atoms with Gasteiger partial charge in [0.2, 0.25) is 11.8 Å². The number of benzene rings is 2. The predicted octanol–water partition coefficient (Wildman–Crippen LogP) is 3.11. The molecule has 3 aromatic rings. The molecule has 8 nitrogen and oxygen atoms in total. The Labute approximate surface area is 180 Å². The molecule has 1 aromatic heterocycles. The first-order chi connectivity index (χ1) is 14.8. The van der Waals surface area contributed by atoms with Gasteiger partial charge in [-0.05, 0) is 33.0 Å². The molecule has 0 aliphatic carbocycles. The molecule has 3 rings (SSSR count). The molecule has 31 heavy (non-hydrogen) atoms. The third kappa shape index (κ3) is 5.64. The summed E-state index contributed by atoms with van der Waals surface area (Å²) >= 11 is 0. The third-order valence-electron chi connectivity index (χ3n) is 4.79. The minimum atomic E-state index is -0.621. The van der Waals surface area contributed by atoms with Crippen LogP contribution in [0.3, 0.4) is 0 Å². The van der Waals surface area contributed by atoms with Crippen LogP contribution in [0.5, 0.6) is 0 Å². The van der Waals surface area contributed by atoms with E-state index in [1.54, 1.807) is 80.4 Å². The first kappa shape index (κ1) is 21.9. The van der Waals surface area contributed by atoms with E-state index in [1.807, 2.05) is 6.07 Å². The highest BCUT2D eigenvalue weighted by molar-refractivity contribution is 6.14. The Kier molecular flexibility index (Phi) is 6.94. The number of anilines is 2. The molecule has 0 saturated heterocycles. The molecular weight excluding hydrogens is 396 g/mol. The molecule has 0 fully saturated rings. The fourth-order valence-corrected chi connectivity index (χ4v) is 2.94. The number of amides is 2. The van der Waals surface area contributed by atoms with Gasteiger partial charge in [0.25, 0.3) is 0 Å². The molecule has 2 amide bonds. The Bertz CT molecular complexity index is 1080. The van der Waals surface area contributed by atoms with Crippen molar-refractivity contribution in [2.45, 2.75) is 19.9 Å². The highest BCUT2D eigenvalue weighted by Gasteiger charge is 2.22. The average Bonchev–Trinajstić information content (AvgIpc) is 3.17. The Morgan fingerprint density at radius 3 is 2.39 bits per heavy atom. The molecule has 0 aliphatic rings. The zero-order valence-electron chi connectivity index (χ0n) is 17.6. The minimum Gasteiger partial charge on any atom is -0.360 e. The van der Waals surface area contributed by atoms with E-state index < -0.39 is 6.04 Å². The first-order valence-electron chi connectivity index (χ1n) is 9.78. The van der Waals surface area contributed by atoms with Gasteiger partial charge in [-0.2, -0.15) is 0 Å². The van der Waals surface area contributed by atoms with E-state index in [9.17, 15) is 14.4 Å². The van der Waals surface area contributed by atoms with Crippen LogP contribution in [-0.2, 0) is 9.59 Å². The largest absolute Gasteiger partial charge is 0.360 e. The second kappa shape index (κ2) is 9.82. The van der Waals surface area contributed by atoms with Gasteiger partial charge in [0.05, 0.1) is 18.3 Å². The Hall–Kier alpha value is -3.78. The van der Waals surface area contributed by atoms with Crippen LogP contribution in [0.15, 0.2) is 65.2 Å². The predicted molar refractivity (Wildman–Crippen MR) is 117 cm³/mol. The summed E-state index contributed by atoms with van der Waals surface area (Å²) in [5.41, 5.74) is 1.36. The van der Waals surface area contributed by atoms with Gasteiger partial charge in [-0.3, -0.25) is 19.3 Å². The van der Waals surface area contributed by atoms with Gasteiger partial charge in [0.1, 0.15) is 5.76 Å². The van der Waals surface area contributed by atoms with Crippen molar-refractivity contribution in [3.8, 4) is 0 Å². The van der Waals surface area contributed by atoms with E-state index in [0.717, 1.165) is 0 Å². The molecule has 160 valence electrons. The highest BCUT2D eigenvalue weighted by atomic mass is 16.5. The van der Waals surface area contributed by atoms with Crippen LogP contribution in [-0.4, -0.2) is 47.3 Å². The third-order valence-corrected chi connectivity index (χ3v) is 4.79. The molecule has 0 spiro atoms. The lowest BCUT2D eigenvalue weighted by Crippen LogP contribution is -2.43. The lowest BCUT2D eigenvalue weighted by atomic mass is 10.0. The zero-order chi connectivity index (χ0) is 22.4. The van der Waals surface area contributed by atoms with E-state index in [-0.39, 0.29) is 24.1 Å². The van der Waals surface area contributed by atoms with Crippen LogP contribution < -0.4 is 10.6 Å². The quantitative estimate of drug-likeness (QED) is 0.543. The summed E-state index contributed by atoms with van der Waals surface area (Å²) in [4.78, 5) is 39.4. The van der Waals surface area contributed by atoms with E-state index in [0.29, 0.717) is 28.4 Å². The van der Waals surface area contributed by atoms with Crippen LogP contribution in [0.4, 0.5) is 11.5 Å². The molecule has 0 bridgehead atoms. The first-order valence-corrected chi connectivity index (χ1v) is 9.78. The van der Waals surface area contributed by atoms with Crippen molar-refractivity contribution in [3.63, 3.8) is 0 Å². The zero-order valence-corrected chi connectivity index (χ0v) is 17.6. The van der Waals surface area contributed by atoms with E-state index >= 15 is 0 Å². The number of aryl methyl sites for hydroxylation is 1. The normalized spacial score (nSPS) is 11.7. The topological polar surface area (TPSA) is 105 Å². The van der Waals surface area contributed by atoms with Gasteiger partial charge in [-0.1, -0.05) is 47.6 Å². The van der Waals surface area contributed by atoms with Crippen molar-refractivity contribution in [2.24, 2.45) is 0 Å². The number of likely N-dealkylation sites (N-methyl/N-ethyl adjacent to an activating group) is 1. The van der Waals surface area contributed by atoms with E-state index in [2.05, 4.69) is 15.8 Å². The van der Waals surface area contributed by atoms with Gasteiger partial charge in [0, 0.05) is 17.2 Å². The van der Waals surface area contributed by atoms with Gasteiger partial charge in [-0.25, -0.2) is 0 Å². The van der Waals surface area contributed by atoms with Crippen molar-refractivity contribution in [3.05, 3.63) is 77.6 Å². The molecule has 0 saturated carbocycles. The SMILES string of the molecule is Cc1cc(NC(=O)CN(C)C(C)C(=O)Nc2ccccc2C(=O)c2ccccc2)no1.